The van der Waals surface area contributed by atoms with Gasteiger partial charge in [0.25, 0.3) is 0 Å². The van der Waals surface area contributed by atoms with Crippen LogP contribution in [0.4, 0.5) is 18.9 Å². The SMILES string of the molecule is Fc1cc(F)c(NCc2cccc(Cl)c2)c(F)c1. The Bertz CT molecular complexity index is 549. The van der Waals surface area contributed by atoms with Gasteiger partial charge in [0.05, 0.1) is 0 Å². The van der Waals surface area contributed by atoms with Crippen molar-refractivity contribution in [3.63, 3.8) is 0 Å². The van der Waals surface area contributed by atoms with E-state index in [9.17, 15) is 13.2 Å². The van der Waals surface area contributed by atoms with Crippen molar-refractivity contribution >= 4 is 17.3 Å². The first-order valence-electron chi connectivity index (χ1n) is 5.19. The molecule has 0 radical (unpaired) electrons. The Labute approximate surface area is 107 Å². The molecule has 0 heterocycles. The van der Waals surface area contributed by atoms with Crippen molar-refractivity contribution in [2.75, 3.05) is 5.32 Å². The summed E-state index contributed by atoms with van der Waals surface area (Å²) in [4.78, 5) is 0. The number of hydrogen-bond acceptors (Lipinski definition) is 1. The summed E-state index contributed by atoms with van der Waals surface area (Å²) in [5.74, 6) is -2.87. The van der Waals surface area contributed by atoms with E-state index in [1.54, 1.807) is 24.3 Å². The minimum atomic E-state index is -0.963. The Morgan fingerprint density at radius 3 is 2.28 bits per heavy atom. The highest BCUT2D eigenvalue weighted by Gasteiger charge is 2.10. The molecule has 2 aromatic rings. The second kappa shape index (κ2) is 5.31. The lowest BCUT2D eigenvalue weighted by atomic mass is 10.2. The highest BCUT2D eigenvalue weighted by molar-refractivity contribution is 6.30. The van der Waals surface area contributed by atoms with Gasteiger partial charge in [0.15, 0.2) is 11.6 Å². The summed E-state index contributed by atoms with van der Waals surface area (Å²) in [5, 5.41) is 3.11. The summed E-state index contributed by atoms with van der Waals surface area (Å²) in [5.41, 5.74) is 0.419. The predicted octanol–water partition coefficient (Wildman–Crippen LogP) is 4.37. The van der Waals surface area contributed by atoms with Crippen LogP contribution in [0, 0.1) is 17.5 Å². The summed E-state index contributed by atoms with van der Waals surface area (Å²) < 4.78 is 39.3. The van der Waals surface area contributed by atoms with E-state index in [1.807, 2.05) is 0 Å². The van der Waals surface area contributed by atoms with Gasteiger partial charge in [0.1, 0.15) is 11.5 Å². The van der Waals surface area contributed by atoms with E-state index in [0.29, 0.717) is 17.2 Å². The minimum absolute atomic E-state index is 0.194. The third-order valence-corrected chi connectivity index (χ3v) is 2.60. The Morgan fingerprint density at radius 2 is 1.67 bits per heavy atom. The maximum atomic E-state index is 13.3. The first-order chi connectivity index (χ1) is 8.56. The molecular weight excluding hydrogens is 263 g/mol. The van der Waals surface area contributed by atoms with Crippen LogP contribution in [-0.2, 0) is 6.54 Å². The molecule has 94 valence electrons. The molecule has 1 N–H and O–H groups in total. The number of benzene rings is 2. The van der Waals surface area contributed by atoms with Gasteiger partial charge in [-0.3, -0.25) is 0 Å². The standard InChI is InChI=1S/C13H9ClF3N/c14-9-3-1-2-8(4-9)7-18-13-11(16)5-10(15)6-12(13)17/h1-6,18H,7H2. The van der Waals surface area contributed by atoms with Crippen molar-refractivity contribution in [3.8, 4) is 0 Å². The molecule has 0 saturated carbocycles. The molecule has 0 saturated heterocycles. The molecular formula is C13H9ClF3N. The average Bonchev–Trinajstić information content (AvgIpc) is 2.27. The van der Waals surface area contributed by atoms with Crippen LogP contribution in [0.3, 0.4) is 0 Å². The summed E-state index contributed by atoms with van der Waals surface area (Å²) in [6.07, 6.45) is 0. The fourth-order valence-corrected chi connectivity index (χ4v) is 1.76. The van der Waals surface area contributed by atoms with E-state index in [1.165, 1.54) is 0 Å². The normalized spacial score (nSPS) is 10.4. The van der Waals surface area contributed by atoms with E-state index >= 15 is 0 Å². The van der Waals surface area contributed by atoms with Crippen LogP contribution < -0.4 is 5.32 Å². The molecule has 0 amide bonds. The van der Waals surface area contributed by atoms with Crippen molar-refractivity contribution < 1.29 is 13.2 Å². The van der Waals surface area contributed by atoms with E-state index in [-0.39, 0.29) is 12.2 Å². The monoisotopic (exact) mass is 271 g/mol. The van der Waals surface area contributed by atoms with Gasteiger partial charge in [-0.05, 0) is 17.7 Å². The fourth-order valence-electron chi connectivity index (χ4n) is 1.55. The zero-order valence-electron chi connectivity index (χ0n) is 9.18. The lowest BCUT2D eigenvalue weighted by Gasteiger charge is -2.09. The van der Waals surface area contributed by atoms with Crippen LogP contribution in [0.5, 0.6) is 0 Å². The van der Waals surface area contributed by atoms with Gasteiger partial charge in [-0.2, -0.15) is 0 Å². The molecule has 18 heavy (non-hydrogen) atoms. The Hall–Kier alpha value is -1.68. The van der Waals surface area contributed by atoms with Gasteiger partial charge in [0, 0.05) is 23.7 Å². The highest BCUT2D eigenvalue weighted by atomic mass is 35.5. The third-order valence-electron chi connectivity index (χ3n) is 2.37. The molecule has 2 aromatic carbocycles. The lowest BCUT2D eigenvalue weighted by Crippen LogP contribution is -2.04. The maximum Gasteiger partial charge on any atom is 0.152 e. The van der Waals surface area contributed by atoms with E-state index in [0.717, 1.165) is 5.56 Å². The molecule has 0 atom stereocenters. The van der Waals surface area contributed by atoms with Gasteiger partial charge in [-0.1, -0.05) is 23.7 Å². The van der Waals surface area contributed by atoms with Crippen LogP contribution in [0.2, 0.25) is 5.02 Å². The zero-order valence-corrected chi connectivity index (χ0v) is 9.94. The van der Waals surface area contributed by atoms with Crippen LogP contribution in [-0.4, -0.2) is 0 Å². The average molecular weight is 272 g/mol. The molecule has 0 aromatic heterocycles. The maximum absolute atomic E-state index is 13.3. The molecule has 0 fully saturated rings. The number of halogens is 4. The summed E-state index contributed by atoms with van der Waals surface area (Å²) in [7, 11) is 0. The topological polar surface area (TPSA) is 12.0 Å². The van der Waals surface area contributed by atoms with Crippen LogP contribution >= 0.6 is 11.6 Å². The van der Waals surface area contributed by atoms with Crippen molar-refractivity contribution in [3.05, 3.63) is 64.4 Å². The van der Waals surface area contributed by atoms with Crippen molar-refractivity contribution in [1.29, 1.82) is 0 Å². The summed E-state index contributed by atoms with van der Waals surface area (Å²) in [6.45, 7) is 0.194. The number of nitrogens with one attached hydrogen (secondary N) is 1. The quantitative estimate of drug-likeness (QED) is 0.874. The van der Waals surface area contributed by atoms with Gasteiger partial charge in [0.2, 0.25) is 0 Å². The zero-order chi connectivity index (χ0) is 13.1. The second-order valence-corrected chi connectivity index (χ2v) is 4.16. The third kappa shape index (κ3) is 2.96. The molecule has 0 spiro atoms. The van der Waals surface area contributed by atoms with Crippen LogP contribution in [0.15, 0.2) is 36.4 Å². The summed E-state index contributed by atoms with van der Waals surface area (Å²) in [6, 6.07) is 8.12. The molecule has 0 bridgehead atoms. The molecule has 0 aliphatic heterocycles. The highest BCUT2D eigenvalue weighted by Crippen LogP contribution is 2.21. The van der Waals surface area contributed by atoms with Crippen molar-refractivity contribution in [2.45, 2.75) is 6.54 Å². The molecule has 5 heteroatoms. The Kier molecular flexibility index (Phi) is 3.77. The van der Waals surface area contributed by atoms with Crippen LogP contribution in [0.1, 0.15) is 5.56 Å². The first kappa shape index (κ1) is 12.8. The van der Waals surface area contributed by atoms with Crippen molar-refractivity contribution in [1.82, 2.24) is 0 Å². The number of anilines is 1. The van der Waals surface area contributed by atoms with Crippen molar-refractivity contribution in [2.24, 2.45) is 0 Å². The fraction of sp³-hybridized carbons (Fsp3) is 0.0769. The van der Waals surface area contributed by atoms with E-state index in [2.05, 4.69) is 5.32 Å². The van der Waals surface area contributed by atoms with E-state index < -0.39 is 17.5 Å². The molecule has 0 aliphatic rings. The lowest BCUT2D eigenvalue weighted by molar-refractivity contribution is 0.547. The molecule has 0 aliphatic carbocycles. The Morgan fingerprint density at radius 1 is 1.00 bits per heavy atom. The minimum Gasteiger partial charge on any atom is -0.376 e. The Balaban J connectivity index is 2.16. The second-order valence-electron chi connectivity index (χ2n) is 3.73. The van der Waals surface area contributed by atoms with E-state index in [4.69, 9.17) is 11.6 Å². The summed E-state index contributed by atoms with van der Waals surface area (Å²) >= 11 is 5.78. The number of hydrogen-bond donors (Lipinski definition) is 1. The van der Waals surface area contributed by atoms with Gasteiger partial charge in [-0.15, -0.1) is 0 Å². The van der Waals surface area contributed by atoms with Gasteiger partial charge < -0.3 is 5.32 Å². The molecule has 1 nitrogen and oxygen atoms in total. The largest absolute Gasteiger partial charge is 0.376 e. The number of rotatable bonds is 3. The van der Waals surface area contributed by atoms with Gasteiger partial charge in [-0.25, -0.2) is 13.2 Å². The molecule has 2 rings (SSSR count). The smallest absolute Gasteiger partial charge is 0.152 e. The van der Waals surface area contributed by atoms with Gasteiger partial charge >= 0.3 is 0 Å². The predicted molar refractivity (Wildman–Crippen MR) is 65.1 cm³/mol. The van der Waals surface area contributed by atoms with Crippen LogP contribution in [0.25, 0.3) is 0 Å². The molecule has 0 unspecified atom stereocenters. The first-order valence-corrected chi connectivity index (χ1v) is 5.57.